The van der Waals surface area contributed by atoms with E-state index < -0.39 is 0 Å². The number of hydrogen-bond donors (Lipinski definition) is 2. The molecule has 0 spiro atoms. The lowest BCUT2D eigenvalue weighted by Gasteiger charge is -2.26. The zero-order valence-corrected chi connectivity index (χ0v) is 12.9. The van der Waals surface area contributed by atoms with E-state index in [0.717, 1.165) is 49.6 Å². The second-order valence-electron chi connectivity index (χ2n) is 4.23. The van der Waals surface area contributed by atoms with Crippen molar-refractivity contribution >= 4 is 48.3 Å². The summed E-state index contributed by atoms with van der Waals surface area (Å²) >= 11 is 0. The molecule has 0 atom stereocenters. The molecule has 3 rings (SSSR count). The highest BCUT2D eigenvalue weighted by atomic mass is 35.5. The highest BCUT2D eigenvalue weighted by Gasteiger charge is 2.11. The third-order valence-corrected chi connectivity index (χ3v) is 3.02. The Kier molecular flexibility index (Phi) is 8.38. The Morgan fingerprint density at radius 3 is 2.42 bits per heavy atom. The number of nitrogens with zero attached hydrogens (tertiary/aromatic N) is 2. The molecule has 1 aromatic carbocycles. The van der Waals surface area contributed by atoms with Crippen LogP contribution < -0.4 is 5.32 Å². The number of fused-ring (bicyclic) bond motifs is 1. The molecule has 19 heavy (non-hydrogen) atoms. The molecule has 0 aliphatic carbocycles. The number of aromatic amines is 1. The van der Waals surface area contributed by atoms with E-state index in [9.17, 15) is 0 Å². The normalized spacial score (nSPS) is 15.2. The predicted octanol–water partition coefficient (Wildman–Crippen LogP) is 2.23. The number of nitrogens with one attached hydrogen (secondary N) is 2. The molecule has 108 valence electrons. The Bertz CT molecular complexity index is 450. The fourth-order valence-corrected chi connectivity index (χ4v) is 2.16. The summed E-state index contributed by atoms with van der Waals surface area (Å²) in [7, 11) is 0. The van der Waals surface area contributed by atoms with Gasteiger partial charge in [0.25, 0.3) is 0 Å². The van der Waals surface area contributed by atoms with Gasteiger partial charge in [-0.2, -0.15) is 0 Å². The van der Waals surface area contributed by atoms with Crippen LogP contribution in [0.25, 0.3) is 11.0 Å². The van der Waals surface area contributed by atoms with Crippen LogP contribution in [0, 0.1) is 0 Å². The van der Waals surface area contributed by atoms with Crippen LogP contribution in [0.3, 0.4) is 0 Å². The maximum atomic E-state index is 4.59. The number of para-hydroxylation sites is 2. The highest BCUT2D eigenvalue weighted by Crippen LogP contribution is 2.11. The molecule has 0 unspecified atom stereocenters. The van der Waals surface area contributed by atoms with Gasteiger partial charge in [0.2, 0.25) is 0 Å². The van der Waals surface area contributed by atoms with Gasteiger partial charge in [-0.15, -0.1) is 37.2 Å². The van der Waals surface area contributed by atoms with Crippen molar-refractivity contribution in [2.45, 2.75) is 6.54 Å². The number of halogens is 3. The van der Waals surface area contributed by atoms with Crippen LogP contribution in [0.15, 0.2) is 24.3 Å². The van der Waals surface area contributed by atoms with Crippen LogP contribution >= 0.6 is 37.2 Å². The summed E-state index contributed by atoms with van der Waals surface area (Å²) in [6.07, 6.45) is 0. The average Bonchev–Trinajstić information content (AvgIpc) is 2.72. The summed E-state index contributed by atoms with van der Waals surface area (Å²) in [6, 6.07) is 8.18. The first-order valence-corrected chi connectivity index (χ1v) is 5.78. The van der Waals surface area contributed by atoms with Gasteiger partial charge >= 0.3 is 0 Å². The maximum absolute atomic E-state index is 4.59. The minimum absolute atomic E-state index is 0. The van der Waals surface area contributed by atoms with Crippen molar-refractivity contribution in [2.75, 3.05) is 26.2 Å². The molecule has 1 fully saturated rings. The molecule has 1 aromatic heterocycles. The van der Waals surface area contributed by atoms with E-state index in [0.29, 0.717) is 0 Å². The number of imidazole rings is 1. The van der Waals surface area contributed by atoms with Gasteiger partial charge in [0, 0.05) is 26.2 Å². The number of benzene rings is 1. The number of rotatable bonds is 2. The molecule has 1 aliphatic heterocycles. The molecule has 1 saturated heterocycles. The zero-order valence-electron chi connectivity index (χ0n) is 10.5. The molecule has 7 heteroatoms. The standard InChI is InChI=1S/C12H16N4.3ClH/c1-2-4-11-10(3-1)14-12(15-11)9-16-7-5-13-6-8-16;;;/h1-4,13H,5-9H2,(H,14,15);3*1H. The Balaban J connectivity index is 0.00000108. The van der Waals surface area contributed by atoms with Gasteiger partial charge in [0.15, 0.2) is 0 Å². The van der Waals surface area contributed by atoms with Gasteiger partial charge < -0.3 is 10.3 Å². The van der Waals surface area contributed by atoms with Crippen LogP contribution in [0.2, 0.25) is 0 Å². The van der Waals surface area contributed by atoms with E-state index in [2.05, 4.69) is 26.3 Å². The highest BCUT2D eigenvalue weighted by molar-refractivity contribution is 5.86. The van der Waals surface area contributed by atoms with Gasteiger partial charge in [0.1, 0.15) is 5.82 Å². The third-order valence-electron chi connectivity index (χ3n) is 3.02. The molecule has 4 nitrogen and oxygen atoms in total. The quantitative estimate of drug-likeness (QED) is 0.890. The SMILES string of the molecule is Cl.Cl.Cl.c1ccc2[nH]c(CN3CCNCC3)nc2c1. The summed E-state index contributed by atoms with van der Waals surface area (Å²) < 4.78 is 0. The molecule has 0 bridgehead atoms. The second-order valence-corrected chi connectivity index (χ2v) is 4.23. The van der Waals surface area contributed by atoms with Crippen LogP contribution in [0.4, 0.5) is 0 Å². The minimum Gasteiger partial charge on any atom is -0.341 e. The Morgan fingerprint density at radius 1 is 1.05 bits per heavy atom. The molecule has 2 N–H and O–H groups in total. The van der Waals surface area contributed by atoms with Crippen LogP contribution in [0.5, 0.6) is 0 Å². The Labute approximate surface area is 131 Å². The van der Waals surface area contributed by atoms with Crippen molar-refractivity contribution in [3.8, 4) is 0 Å². The third kappa shape index (κ3) is 4.51. The van der Waals surface area contributed by atoms with Crippen LogP contribution in [-0.2, 0) is 6.54 Å². The Hall–Kier alpha value is -0.520. The maximum Gasteiger partial charge on any atom is 0.121 e. The summed E-state index contributed by atoms with van der Waals surface area (Å²) in [5.74, 6) is 1.07. The smallest absolute Gasteiger partial charge is 0.121 e. The lowest BCUT2D eigenvalue weighted by atomic mass is 10.3. The van der Waals surface area contributed by atoms with E-state index in [4.69, 9.17) is 0 Å². The molecular formula is C12H19Cl3N4. The lowest BCUT2D eigenvalue weighted by molar-refractivity contribution is 0.229. The second kappa shape index (κ2) is 8.61. The first-order chi connectivity index (χ1) is 7.92. The van der Waals surface area contributed by atoms with E-state index in [1.54, 1.807) is 0 Å². The first kappa shape index (κ1) is 18.5. The molecular weight excluding hydrogens is 307 g/mol. The average molecular weight is 326 g/mol. The van der Waals surface area contributed by atoms with Crippen molar-refractivity contribution < 1.29 is 0 Å². The van der Waals surface area contributed by atoms with Crippen molar-refractivity contribution in [1.29, 1.82) is 0 Å². The summed E-state index contributed by atoms with van der Waals surface area (Å²) in [4.78, 5) is 10.4. The summed E-state index contributed by atoms with van der Waals surface area (Å²) in [5.41, 5.74) is 2.19. The molecule has 2 aromatic rings. The van der Waals surface area contributed by atoms with Crippen molar-refractivity contribution in [2.24, 2.45) is 0 Å². The fourth-order valence-electron chi connectivity index (χ4n) is 2.16. The lowest BCUT2D eigenvalue weighted by Crippen LogP contribution is -2.43. The topological polar surface area (TPSA) is 44.0 Å². The number of piperazine rings is 1. The van der Waals surface area contributed by atoms with Crippen LogP contribution in [-0.4, -0.2) is 41.0 Å². The summed E-state index contributed by atoms with van der Waals surface area (Å²) in [5, 5.41) is 3.35. The summed E-state index contributed by atoms with van der Waals surface area (Å²) in [6.45, 7) is 5.31. The van der Waals surface area contributed by atoms with Gasteiger partial charge in [-0.05, 0) is 12.1 Å². The molecule has 0 amide bonds. The molecule has 2 heterocycles. The van der Waals surface area contributed by atoms with Gasteiger partial charge in [0.05, 0.1) is 17.6 Å². The molecule has 0 radical (unpaired) electrons. The number of H-pyrrole nitrogens is 1. The number of aromatic nitrogens is 2. The molecule has 0 saturated carbocycles. The van der Waals surface area contributed by atoms with E-state index >= 15 is 0 Å². The number of hydrogen-bond acceptors (Lipinski definition) is 3. The van der Waals surface area contributed by atoms with Gasteiger partial charge in [-0.3, -0.25) is 4.90 Å². The van der Waals surface area contributed by atoms with Crippen molar-refractivity contribution in [3.05, 3.63) is 30.1 Å². The minimum atomic E-state index is 0. The predicted molar refractivity (Wildman–Crippen MR) is 86.0 cm³/mol. The molecule has 1 aliphatic rings. The van der Waals surface area contributed by atoms with E-state index in [1.165, 1.54) is 0 Å². The zero-order chi connectivity index (χ0) is 10.8. The van der Waals surface area contributed by atoms with E-state index in [1.807, 2.05) is 18.2 Å². The van der Waals surface area contributed by atoms with Gasteiger partial charge in [-0.1, -0.05) is 12.1 Å². The largest absolute Gasteiger partial charge is 0.341 e. The monoisotopic (exact) mass is 324 g/mol. The van der Waals surface area contributed by atoms with Crippen molar-refractivity contribution in [1.82, 2.24) is 20.2 Å². The van der Waals surface area contributed by atoms with Gasteiger partial charge in [-0.25, -0.2) is 4.98 Å². The fraction of sp³-hybridized carbons (Fsp3) is 0.417. The van der Waals surface area contributed by atoms with E-state index in [-0.39, 0.29) is 37.2 Å². The Morgan fingerprint density at radius 2 is 1.74 bits per heavy atom. The van der Waals surface area contributed by atoms with Crippen LogP contribution in [0.1, 0.15) is 5.82 Å². The first-order valence-electron chi connectivity index (χ1n) is 5.78. The van der Waals surface area contributed by atoms with Crippen molar-refractivity contribution in [3.63, 3.8) is 0 Å².